The minimum absolute atomic E-state index is 0.241. The summed E-state index contributed by atoms with van der Waals surface area (Å²) < 4.78 is 55.7. The Balaban J connectivity index is 0.000000170. The molecule has 4 N–H and O–H groups in total. The van der Waals surface area contributed by atoms with Crippen molar-refractivity contribution in [2.45, 2.75) is 25.9 Å². The quantitative estimate of drug-likeness (QED) is 0.149. The lowest BCUT2D eigenvalue weighted by Gasteiger charge is -2.19. The molecule has 0 saturated heterocycles. The molecule has 0 aliphatic heterocycles. The minimum Gasteiger partial charge on any atom is -0.362 e. The molecule has 8 rings (SSSR count). The van der Waals surface area contributed by atoms with Crippen molar-refractivity contribution in [1.29, 1.82) is 0 Å². The summed E-state index contributed by atoms with van der Waals surface area (Å²) in [5.74, 6) is -0.994. The molecule has 0 fully saturated rings. The van der Waals surface area contributed by atoms with Gasteiger partial charge >= 0.3 is 0 Å². The van der Waals surface area contributed by atoms with E-state index in [0.717, 1.165) is 11.1 Å². The summed E-state index contributed by atoms with van der Waals surface area (Å²) in [4.78, 5) is 24.5. The Kier molecular flexibility index (Phi) is 9.07. The van der Waals surface area contributed by atoms with Crippen LogP contribution in [0.1, 0.15) is 37.1 Å². The lowest BCUT2D eigenvalue weighted by Crippen LogP contribution is -2.11. The molecule has 4 aromatic heterocycles. The fourth-order valence-electron chi connectivity index (χ4n) is 5.93. The minimum atomic E-state index is -0.424. The van der Waals surface area contributed by atoms with Crippen molar-refractivity contribution >= 4 is 38.8 Å². The van der Waals surface area contributed by atoms with Crippen LogP contribution in [0.25, 0.3) is 55.5 Å². The van der Waals surface area contributed by atoms with Crippen LogP contribution in [-0.4, -0.2) is 29.9 Å². The third-order valence-corrected chi connectivity index (χ3v) is 8.38. The van der Waals surface area contributed by atoms with Gasteiger partial charge in [0, 0.05) is 33.5 Å². The Morgan fingerprint density at radius 2 is 1.20 bits per heavy atom. The van der Waals surface area contributed by atoms with E-state index in [0.29, 0.717) is 50.3 Å². The topological polar surface area (TPSA) is 118 Å². The molecule has 4 heterocycles. The highest BCUT2D eigenvalue weighted by atomic mass is 19.1. The Bertz CT molecular complexity index is 2530. The first kappa shape index (κ1) is 33.2. The van der Waals surface area contributed by atoms with E-state index in [1.54, 1.807) is 54.9 Å². The van der Waals surface area contributed by atoms with Crippen molar-refractivity contribution in [3.8, 4) is 22.5 Å². The maximum atomic E-state index is 14.4. The van der Waals surface area contributed by atoms with Gasteiger partial charge in [-0.15, -0.1) is 0 Å². The lowest BCUT2D eigenvalue weighted by molar-refractivity contribution is 0.627. The number of aromatic amines is 1. The van der Waals surface area contributed by atoms with Gasteiger partial charge in [-0.3, -0.25) is 0 Å². The number of aromatic nitrogens is 6. The molecule has 254 valence electrons. The van der Waals surface area contributed by atoms with Gasteiger partial charge in [-0.1, -0.05) is 48.5 Å². The van der Waals surface area contributed by atoms with E-state index < -0.39 is 11.6 Å². The van der Waals surface area contributed by atoms with Crippen molar-refractivity contribution in [1.82, 2.24) is 29.9 Å². The number of hydrogen-bond acceptors (Lipinski definition) is 7. The zero-order valence-electron chi connectivity index (χ0n) is 27.4. The number of pyridine rings is 2. The van der Waals surface area contributed by atoms with Crippen LogP contribution < -0.4 is 11.1 Å². The highest BCUT2D eigenvalue weighted by molar-refractivity contribution is 5.86. The number of halogens is 4. The van der Waals surface area contributed by atoms with Crippen LogP contribution in [0.4, 0.5) is 23.4 Å². The van der Waals surface area contributed by atoms with E-state index in [4.69, 9.17) is 5.73 Å². The Morgan fingerprint density at radius 1 is 0.647 bits per heavy atom. The largest absolute Gasteiger partial charge is 0.362 e. The van der Waals surface area contributed by atoms with Gasteiger partial charge in [-0.2, -0.15) is 0 Å². The number of H-pyrrole nitrogens is 1. The maximum absolute atomic E-state index is 14.4. The van der Waals surface area contributed by atoms with Gasteiger partial charge < -0.3 is 16.0 Å². The lowest BCUT2D eigenvalue weighted by atomic mass is 9.98. The van der Waals surface area contributed by atoms with Crippen molar-refractivity contribution in [2.24, 2.45) is 5.73 Å². The summed E-state index contributed by atoms with van der Waals surface area (Å²) >= 11 is 0. The molecule has 0 spiro atoms. The van der Waals surface area contributed by atoms with E-state index in [1.165, 1.54) is 42.7 Å². The summed E-state index contributed by atoms with van der Waals surface area (Å²) in [5, 5.41) is 4.68. The van der Waals surface area contributed by atoms with Crippen LogP contribution in [0.15, 0.2) is 110 Å². The molecule has 0 saturated carbocycles. The monoisotopic (exact) mass is 686 g/mol. The average molecular weight is 687 g/mol. The molecular formula is C39H30F4N8. The number of benzene rings is 4. The first-order valence-electron chi connectivity index (χ1n) is 16.0. The van der Waals surface area contributed by atoms with E-state index in [9.17, 15) is 17.6 Å². The molecule has 12 heteroatoms. The second kappa shape index (κ2) is 13.9. The number of rotatable bonds is 6. The number of nitrogens with two attached hydrogens (primary N) is 1. The van der Waals surface area contributed by atoms with E-state index in [-0.39, 0.29) is 34.8 Å². The number of imidazole rings is 1. The summed E-state index contributed by atoms with van der Waals surface area (Å²) in [6.45, 7) is 3.76. The highest BCUT2D eigenvalue weighted by Gasteiger charge is 2.19. The fourth-order valence-corrected chi connectivity index (χ4v) is 5.93. The smallest absolute Gasteiger partial charge is 0.182 e. The predicted octanol–water partition coefficient (Wildman–Crippen LogP) is 9.22. The van der Waals surface area contributed by atoms with Crippen LogP contribution in [0, 0.1) is 23.3 Å². The third kappa shape index (κ3) is 6.81. The third-order valence-electron chi connectivity index (χ3n) is 8.38. The molecule has 2 atom stereocenters. The van der Waals surface area contributed by atoms with E-state index in [2.05, 4.69) is 35.2 Å². The first-order valence-corrected chi connectivity index (χ1v) is 16.0. The summed E-state index contributed by atoms with van der Waals surface area (Å²) in [6, 6.07) is 24.9. The van der Waals surface area contributed by atoms with Crippen molar-refractivity contribution in [2.75, 3.05) is 5.32 Å². The molecule has 0 aliphatic carbocycles. The molecule has 0 amide bonds. The van der Waals surface area contributed by atoms with Gasteiger partial charge in [0.25, 0.3) is 0 Å². The van der Waals surface area contributed by atoms with Crippen LogP contribution in [0.3, 0.4) is 0 Å². The Hall–Kier alpha value is -6.27. The summed E-state index contributed by atoms with van der Waals surface area (Å²) in [6.07, 6.45) is 2.98. The zero-order valence-corrected chi connectivity index (χ0v) is 27.4. The summed E-state index contributed by atoms with van der Waals surface area (Å²) in [5.41, 5.74) is 11.4. The molecule has 0 radical (unpaired) electrons. The highest BCUT2D eigenvalue weighted by Crippen LogP contribution is 2.34. The van der Waals surface area contributed by atoms with Crippen molar-refractivity contribution in [3.63, 3.8) is 0 Å². The molecule has 0 unspecified atom stereocenters. The van der Waals surface area contributed by atoms with Crippen LogP contribution in [0.5, 0.6) is 0 Å². The molecule has 4 aromatic carbocycles. The number of para-hydroxylation sites is 2. The Morgan fingerprint density at radius 3 is 1.76 bits per heavy atom. The first-order chi connectivity index (χ1) is 24.7. The number of nitrogens with zero attached hydrogens (tertiary/aromatic N) is 5. The van der Waals surface area contributed by atoms with Gasteiger partial charge in [-0.05, 0) is 67.9 Å². The molecule has 8 nitrogen and oxygen atoms in total. The van der Waals surface area contributed by atoms with Gasteiger partial charge in [0.05, 0.1) is 23.8 Å². The van der Waals surface area contributed by atoms with Crippen LogP contribution in [-0.2, 0) is 0 Å². The maximum Gasteiger partial charge on any atom is 0.182 e. The van der Waals surface area contributed by atoms with Crippen LogP contribution >= 0.6 is 0 Å². The molecule has 0 bridgehead atoms. The van der Waals surface area contributed by atoms with Crippen molar-refractivity contribution in [3.05, 3.63) is 144 Å². The van der Waals surface area contributed by atoms with Gasteiger partial charge in [0.2, 0.25) is 0 Å². The number of hydrogen-bond donors (Lipinski definition) is 3. The molecule has 0 aliphatic rings. The second-order valence-electron chi connectivity index (χ2n) is 12.0. The number of nitrogens with one attached hydrogen (secondary N) is 2. The number of anilines is 1. The van der Waals surface area contributed by atoms with E-state index in [1.807, 2.05) is 26.0 Å². The second-order valence-corrected chi connectivity index (χ2v) is 12.0. The Labute approximate surface area is 289 Å². The van der Waals surface area contributed by atoms with Crippen LogP contribution in [0.2, 0.25) is 0 Å². The SMILES string of the molecule is C[C@H](N)c1cc2cccc(F)c2nc1-c1cccc(F)c1.C[C@H](Nc1ncnc2nc[nH]c12)c1cc2cccc(F)c2nc1-c1cccc(F)c1. The fraction of sp³-hybridized carbons (Fsp3) is 0.103. The molecule has 51 heavy (non-hydrogen) atoms. The molecule has 8 aromatic rings. The van der Waals surface area contributed by atoms with Gasteiger partial charge in [-0.25, -0.2) is 42.5 Å². The number of fused-ring (bicyclic) bond motifs is 3. The van der Waals surface area contributed by atoms with Gasteiger partial charge in [0.1, 0.15) is 46.1 Å². The summed E-state index contributed by atoms with van der Waals surface area (Å²) in [7, 11) is 0. The standard InChI is InChI=1S/C22H16F2N6.C17H14F2N2/c1-12(29-22-20-21(26-10-25-20)27-11-28-22)16-9-14-5-3-7-17(24)19(14)30-18(16)13-4-2-6-15(23)8-13;1-10(20)14-9-12-5-3-7-15(19)17(12)21-16(14)11-4-2-6-13(18)8-11/h2-12H,1H3,(H2,25,26,27,28,29);2-10H,20H2,1H3/t12-;10-/m00/s1. The van der Waals surface area contributed by atoms with Crippen molar-refractivity contribution < 1.29 is 17.6 Å². The molecular weight excluding hydrogens is 656 g/mol. The predicted molar refractivity (Wildman–Crippen MR) is 191 cm³/mol. The van der Waals surface area contributed by atoms with Gasteiger partial charge in [0.15, 0.2) is 11.5 Å². The van der Waals surface area contributed by atoms with E-state index >= 15 is 0 Å². The average Bonchev–Trinajstić information content (AvgIpc) is 3.62. The zero-order chi connectivity index (χ0) is 35.6. The normalized spacial score (nSPS) is 12.5.